The van der Waals surface area contributed by atoms with Gasteiger partial charge in [0.25, 0.3) is 0 Å². The van der Waals surface area contributed by atoms with Gasteiger partial charge in [-0.25, -0.2) is 9.37 Å². The average Bonchev–Trinajstić information content (AvgIpc) is 2.64. The van der Waals surface area contributed by atoms with Crippen molar-refractivity contribution in [3.63, 3.8) is 0 Å². The molecule has 1 amide bonds. The lowest BCUT2D eigenvalue weighted by Gasteiger charge is -2.08. The van der Waals surface area contributed by atoms with Gasteiger partial charge in [0.1, 0.15) is 23.1 Å². The minimum atomic E-state index is -0.310. The summed E-state index contributed by atoms with van der Waals surface area (Å²) in [5, 5.41) is 2.62. The SMILES string of the molecule is NCC(=O)Nc1cccc(-c2ccc(Oc3ccc(F)cc3)cc2)n1. The van der Waals surface area contributed by atoms with Crippen LogP contribution in [0.3, 0.4) is 0 Å². The predicted octanol–water partition coefficient (Wildman–Crippen LogP) is 3.58. The molecule has 0 radical (unpaired) electrons. The van der Waals surface area contributed by atoms with Gasteiger partial charge in [0.05, 0.1) is 12.2 Å². The van der Waals surface area contributed by atoms with Crippen LogP contribution >= 0.6 is 0 Å². The van der Waals surface area contributed by atoms with E-state index in [0.717, 1.165) is 5.56 Å². The largest absolute Gasteiger partial charge is 0.457 e. The molecule has 0 fully saturated rings. The molecule has 0 unspecified atom stereocenters. The van der Waals surface area contributed by atoms with Crippen molar-refractivity contribution in [2.75, 3.05) is 11.9 Å². The van der Waals surface area contributed by atoms with E-state index in [-0.39, 0.29) is 18.3 Å². The second kappa shape index (κ2) is 7.55. The zero-order valence-electron chi connectivity index (χ0n) is 13.3. The number of carbonyl (C=O) groups is 1. The first-order valence-corrected chi connectivity index (χ1v) is 7.65. The number of anilines is 1. The summed E-state index contributed by atoms with van der Waals surface area (Å²) in [5.41, 5.74) is 6.86. The van der Waals surface area contributed by atoms with E-state index in [9.17, 15) is 9.18 Å². The molecule has 6 heteroatoms. The molecule has 3 aromatic rings. The number of rotatable bonds is 5. The second-order valence-corrected chi connectivity index (χ2v) is 5.24. The number of carbonyl (C=O) groups excluding carboxylic acids is 1. The number of nitrogens with two attached hydrogens (primary N) is 1. The lowest BCUT2D eigenvalue weighted by molar-refractivity contribution is -0.114. The van der Waals surface area contributed by atoms with Gasteiger partial charge in [-0.05, 0) is 60.7 Å². The number of hydrogen-bond acceptors (Lipinski definition) is 4. The molecule has 0 spiro atoms. The fourth-order valence-corrected chi connectivity index (χ4v) is 2.19. The molecule has 0 saturated heterocycles. The van der Waals surface area contributed by atoms with Gasteiger partial charge in [0.2, 0.25) is 5.91 Å². The highest BCUT2D eigenvalue weighted by molar-refractivity contribution is 5.91. The Labute approximate surface area is 144 Å². The molecule has 0 bridgehead atoms. The van der Waals surface area contributed by atoms with Gasteiger partial charge < -0.3 is 15.8 Å². The number of aromatic nitrogens is 1. The van der Waals surface area contributed by atoms with Crippen molar-refractivity contribution in [3.05, 3.63) is 72.5 Å². The van der Waals surface area contributed by atoms with Crippen LogP contribution in [0.4, 0.5) is 10.2 Å². The van der Waals surface area contributed by atoms with E-state index >= 15 is 0 Å². The normalized spacial score (nSPS) is 10.3. The molecule has 3 rings (SSSR count). The van der Waals surface area contributed by atoms with Crippen LogP contribution in [0.5, 0.6) is 11.5 Å². The van der Waals surface area contributed by atoms with Crippen molar-refractivity contribution < 1.29 is 13.9 Å². The number of benzene rings is 2. The quantitative estimate of drug-likeness (QED) is 0.746. The molecule has 1 heterocycles. The Morgan fingerprint density at radius 3 is 2.28 bits per heavy atom. The zero-order valence-corrected chi connectivity index (χ0v) is 13.3. The highest BCUT2D eigenvalue weighted by Gasteiger charge is 2.05. The van der Waals surface area contributed by atoms with E-state index in [2.05, 4.69) is 10.3 Å². The average molecular weight is 337 g/mol. The molecule has 0 aliphatic heterocycles. The molecule has 126 valence electrons. The minimum Gasteiger partial charge on any atom is -0.457 e. The summed E-state index contributed by atoms with van der Waals surface area (Å²) in [4.78, 5) is 15.7. The maximum absolute atomic E-state index is 12.9. The van der Waals surface area contributed by atoms with Crippen LogP contribution in [0.25, 0.3) is 11.3 Å². The third-order valence-corrected chi connectivity index (χ3v) is 3.40. The van der Waals surface area contributed by atoms with E-state index in [1.807, 2.05) is 18.2 Å². The van der Waals surface area contributed by atoms with Crippen LogP contribution in [0, 0.1) is 5.82 Å². The van der Waals surface area contributed by atoms with Gasteiger partial charge in [-0.2, -0.15) is 0 Å². The van der Waals surface area contributed by atoms with E-state index in [1.165, 1.54) is 12.1 Å². The Kier molecular flexibility index (Phi) is 5.01. The Morgan fingerprint density at radius 2 is 1.64 bits per heavy atom. The number of halogens is 1. The van der Waals surface area contributed by atoms with Gasteiger partial charge >= 0.3 is 0 Å². The summed E-state index contributed by atoms with van der Waals surface area (Å²) in [6.07, 6.45) is 0. The van der Waals surface area contributed by atoms with Crippen LogP contribution in [0.2, 0.25) is 0 Å². The van der Waals surface area contributed by atoms with Crippen LogP contribution < -0.4 is 15.8 Å². The Hall–Kier alpha value is -3.25. The number of pyridine rings is 1. The number of hydrogen-bond donors (Lipinski definition) is 2. The summed E-state index contributed by atoms with van der Waals surface area (Å²) in [5.74, 6) is 1.02. The molecular formula is C19H16FN3O2. The lowest BCUT2D eigenvalue weighted by atomic mass is 10.1. The van der Waals surface area contributed by atoms with Crippen LogP contribution in [0.15, 0.2) is 66.7 Å². The predicted molar refractivity (Wildman–Crippen MR) is 93.8 cm³/mol. The first-order chi connectivity index (χ1) is 12.1. The molecule has 0 saturated carbocycles. The van der Waals surface area contributed by atoms with E-state index in [0.29, 0.717) is 23.0 Å². The van der Waals surface area contributed by atoms with Crippen molar-refractivity contribution in [3.8, 4) is 22.8 Å². The number of amides is 1. The summed E-state index contributed by atoms with van der Waals surface area (Å²) >= 11 is 0. The molecule has 3 N–H and O–H groups in total. The summed E-state index contributed by atoms with van der Waals surface area (Å²) in [6, 6.07) is 18.5. The summed E-state index contributed by atoms with van der Waals surface area (Å²) in [6.45, 7) is -0.0959. The van der Waals surface area contributed by atoms with Crippen LogP contribution in [-0.4, -0.2) is 17.4 Å². The van der Waals surface area contributed by atoms with Gasteiger partial charge in [0.15, 0.2) is 0 Å². The first kappa shape index (κ1) is 16.6. The van der Waals surface area contributed by atoms with E-state index in [4.69, 9.17) is 10.5 Å². The van der Waals surface area contributed by atoms with Crippen LogP contribution in [0.1, 0.15) is 0 Å². The molecule has 0 atom stereocenters. The lowest BCUT2D eigenvalue weighted by Crippen LogP contribution is -2.22. The molecule has 2 aromatic carbocycles. The van der Waals surface area contributed by atoms with Crippen molar-refractivity contribution >= 4 is 11.7 Å². The molecule has 0 aliphatic rings. The van der Waals surface area contributed by atoms with Crippen molar-refractivity contribution in [1.29, 1.82) is 0 Å². The number of nitrogens with zero attached hydrogens (tertiary/aromatic N) is 1. The molecule has 25 heavy (non-hydrogen) atoms. The first-order valence-electron chi connectivity index (χ1n) is 7.65. The topological polar surface area (TPSA) is 77.2 Å². The third kappa shape index (κ3) is 4.39. The van der Waals surface area contributed by atoms with Crippen molar-refractivity contribution in [2.24, 2.45) is 5.73 Å². The van der Waals surface area contributed by atoms with E-state index < -0.39 is 0 Å². The van der Waals surface area contributed by atoms with Gasteiger partial charge in [0, 0.05) is 5.56 Å². The number of nitrogens with one attached hydrogen (secondary N) is 1. The maximum Gasteiger partial charge on any atom is 0.239 e. The Balaban J connectivity index is 1.74. The Bertz CT molecular complexity index is 865. The van der Waals surface area contributed by atoms with E-state index in [1.54, 1.807) is 36.4 Å². The van der Waals surface area contributed by atoms with Crippen molar-refractivity contribution in [1.82, 2.24) is 4.98 Å². The molecule has 1 aromatic heterocycles. The minimum absolute atomic E-state index is 0.0959. The molecule has 5 nitrogen and oxygen atoms in total. The number of ether oxygens (including phenoxy) is 1. The smallest absolute Gasteiger partial charge is 0.239 e. The Morgan fingerprint density at radius 1 is 1.00 bits per heavy atom. The highest BCUT2D eigenvalue weighted by atomic mass is 19.1. The summed E-state index contributed by atoms with van der Waals surface area (Å²) in [7, 11) is 0. The fourth-order valence-electron chi connectivity index (χ4n) is 2.19. The van der Waals surface area contributed by atoms with Gasteiger partial charge in [-0.3, -0.25) is 4.79 Å². The second-order valence-electron chi connectivity index (χ2n) is 5.24. The summed E-state index contributed by atoms with van der Waals surface area (Å²) < 4.78 is 18.6. The zero-order chi connectivity index (χ0) is 17.6. The highest BCUT2D eigenvalue weighted by Crippen LogP contribution is 2.25. The standard InChI is InChI=1S/C19H16FN3O2/c20-14-6-10-16(11-7-14)25-15-8-4-13(5-9-15)17-2-1-3-18(22-17)23-19(24)12-21/h1-11H,12,21H2,(H,22,23,24). The van der Waals surface area contributed by atoms with Crippen molar-refractivity contribution in [2.45, 2.75) is 0 Å². The monoisotopic (exact) mass is 337 g/mol. The molecular weight excluding hydrogens is 321 g/mol. The third-order valence-electron chi connectivity index (χ3n) is 3.40. The van der Waals surface area contributed by atoms with Crippen LogP contribution in [-0.2, 0) is 4.79 Å². The molecule has 0 aliphatic carbocycles. The van der Waals surface area contributed by atoms with Gasteiger partial charge in [-0.1, -0.05) is 6.07 Å². The van der Waals surface area contributed by atoms with Gasteiger partial charge in [-0.15, -0.1) is 0 Å². The fraction of sp³-hybridized carbons (Fsp3) is 0.0526. The maximum atomic E-state index is 12.9.